The molecule has 0 saturated carbocycles. The highest BCUT2D eigenvalue weighted by Gasteiger charge is 2.14. The minimum atomic E-state index is -0.216. The Morgan fingerprint density at radius 3 is 2.31 bits per heavy atom. The third-order valence-corrected chi connectivity index (χ3v) is 4.16. The van der Waals surface area contributed by atoms with E-state index in [0.717, 1.165) is 22.2 Å². The van der Waals surface area contributed by atoms with Crippen molar-refractivity contribution < 1.29 is 9.90 Å². The van der Waals surface area contributed by atoms with Crippen LogP contribution in [0.4, 0.5) is 5.69 Å². The molecule has 4 heteroatoms. The first-order valence-electron chi connectivity index (χ1n) is 8.26. The molecule has 4 nitrogen and oxygen atoms in total. The molecule has 0 bridgehead atoms. The Balaban J connectivity index is 1.79. The number of hydrogen-bond donors (Lipinski definition) is 2. The van der Waals surface area contributed by atoms with Crippen LogP contribution in [0.3, 0.4) is 0 Å². The Bertz CT molecular complexity index is 1070. The summed E-state index contributed by atoms with van der Waals surface area (Å²) in [6.07, 6.45) is 0. The largest absolute Gasteiger partial charge is 0.508 e. The summed E-state index contributed by atoms with van der Waals surface area (Å²) in [7, 11) is 0. The molecule has 1 amide bonds. The number of amides is 1. The first-order valence-corrected chi connectivity index (χ1v) is 8.26. The van der Waals surface area contributed by atoms with Crippen LogP contribution in [0.5, 0.6) is 5.75 Å². The number of rotatable bonds is 3. The lowest BCUT2D eigenvalue weighted by Gasteiger charge is -2.11. The van der Waals surface area contributed by atoms with Gasteiger partial charge < -0.3 is 10.4 Å². The lowest BCUT2D eigenvalue weighted by molar-refractivity contribution is 0.102. The van der Waals surface area contributed by atoms with Crippen molar-refractivity contribution in [1.82, 2.24) is 4.98 Å². The lowest BCUT2D eigenvalue weighted by Crippen LogP contribution is -2.13. The minimum Gasteiger partial charge on any atom is -0.508 e. The molecule has 0 spiro atoms. The van der Waals surface area contributed by atoms with Crippen LogP contribution in [0.2, 0.25) is 0 Å². The average molecular weight is 340 g/mol. The number of fused-ring (bicyclic) bond motifs is 1. The predicted molar refractivity (Wildman–Crippen MR) is 103 cm³/mol. The van der Waals surface area contributed by atoms with Crippen LogP contribution in [-0.4, -0.2) is 16.0 Å². The molecule has 126 valence electrons. The van der Waals surface area contributed by atoms with Gasteiger partial charge in [0, 0.05) is 16.6 Å². The van der Waals surface area contributed by atoms with E-state index in [9.17, 15) is 9.90 Å². The molecule has 0 radical (unpaired) electrons. The second-order valence-electron chi connectivity index (χ2n) is 5.94. The summed E-state index contributed by atoms with van der Waals surface area (Å²) in [5.74, 6) is -0.0600. The van der Waals surface area contributed by atoms with Crippen molar-refractivity contribution in [2.75, 3.05) is 5.32 Å². The number of aromatic hydroxyl groups is 1. The second kappa shape index (κ2) is 6.69. The van der Waals surface area contributed by atoms with E-state index in [1.54, 1.807) is 12.1 Å². The molecule has 0 fully saturated rings. The zero-order chi connectivity index (χ0) is 17.9. The lowest BCUT2D eigenvalue weighted by atomic mass is 10.0. The maximum Gasteiger partial charge on any atom is 0.256 e. The number of phenols is 1. The number of benzene rings is 3. The van der Waals surface area contributed by atoms with Crippen LogP contribution < -0.4 is 5.32 Å². The standard InChI is InChI=1S/C22H16N2O2/c25-17-12-10-16(11-13-17)23-22(26)19-14-21(15-6-2-1-3-7-15)24-20-9-5-4-8-18(19)20/h1-14,25H,(H,23,26). The molecule has 3 aromatic carbocycles. The van der Waals surface area contributed by atoms with Crippen LogP contribution >= 0.6 is 0 Å². The first kappa shape index (κ1) is 15.8. The number of para-hydroxylation sites is 1. The highest BCUT2D eigenvalue weighted by molar-refractivity contribution is 6.13. The van der Waals surface area contributed by atoms with Gasteiger partial charge in [0.15, 0.2) is 0 Å². The highest BCUT2D eigenvalue weighted by atomic mass is 16.3. The topological polar surface area (TPSA) is 62.2 Å². The Morgan fingerprint density at radius 2 is 1.54 bits per heavy atom. The van der Waals surface area contributed by atoms with E-state index in [2.05, 4.69) is 5.32 Å². The maximum absolute atomic E-state index is 12.9. The zero-order valence-electron chi connectivity index (χ0n) is 13.9. The van der Waals surface area contributed by atoms with Crippen molar-refractivity contribution in [3.63, 3.8) is 0 Å². The van der Waals surface area contributed by atoms with Gasteiger partial charge in [0.2, 0.25) is 0 Å². The predicted octanol–water partition coefficient (Wildman–Crippen LogP) is 4.86. The first-order chi connectivity index (χ1) is 12.7. The molecule has 1 heterocycles. The van der Waals surface area contributed by atoms with Crippen LogP contribution in [0.1, 0.15) is 10.4 Å². The summed E-state index contributed by atoms with van der Waals surface area (Å²) in [6.45, 7) is 0. The molecule has 0 aliphatic rings. The molecule has 1 aromatic heterocycles. The zero-order valence-corrected chi connectivity index (χ0v) is 13.9. The van der Waals surface area contributed by atoms with E-state index in [0.29, 0.717) is 11.3 Å². The van der Waals surface area contributed by atoms with Gasteiger partial charge in [-0.1, -0.05) is 48.5 Å². The molecule has 0 saturated heterocycles. The summed E-state index contributed by atoms with van der Waals surface area (Å²) >= 11 is 0. The number of aromatic nitrogens is 1. The van der Waals surface area contributed by atoms with Crippen molar-refractivity contribution in [2.24, 2.45) is 0 Å². The minimum absolute atomic E-state index is 0.156. The van der Waals surface area contributed by atoms with Crippen LogP contribution in [0, 0.1) is 0 Å². The third kappa shape index (κ3) is 3.13. The molecule has 0 atom stereocenters. The van der Waals surface area contributed by atoms with Gasteiger partial charge in [-0.3, -0.25) is 4.79 Å². The summed E-state index contributed by atoms with van der Waals surface area (Å²) in [5.41, 5.74) is 3.65. The van der Waals surface area contributed by atoms with Gasteiger partial charge >= 0.3 is 0 Å². The molecule has 26 heavy (non-hydrogen) atoms. The number of nitrogens with zero attached hydrogens (tertiary/aromatic N) is 1. The number of carbonyl (C=O) groups is 1. The van der Waals surface area contributed by atoms with E-state index in [1.807, 2.05) is 60.7 Å². The van der Waals surface area contributed by atoms with Crippen molar-refractivity contribution in [3.05, 3.63) is 90.5 Å². The van der Waals surface area contributed by atoms with Gasteiger partial charge in [-0.2, -0.15) is 0 Å². The van der Waals surface area contributed by atoms with E-state index < -0.39 is 0 Å². The quantitative estimate of drug-likeness (QED) is 0.524. The van der Waals surface area contributed by atoms with Crippen LogP contribution in [0.15, 0.2) is 84.9 Å². The van der Waals surface area contributed by atoms with Crippen LogP contribution in [0.25, 0.3) is 22.2 Å². The molecular weight excluding hydrogens is 324 g/mol. The third-order valence-electron chi connectivity index (χ3n) is 4.16. The summed E-state index contributed by atoms with van der Waals surface area (Å²) in [6, 6.07) is 25.6. The monoisotopic (exact) mass is 340 g/mol. The van der Waals surface area contributed by atoms with E-state index in [-0.39, 0.29) is 11.7 Å². The van der Waals surface area contributed by atoms with Crippen molar-refractivity contribution in [3.8, 4) is 17.0 Å². The van der Waals surface area contributed by atoms with Gasteiger partial charge in [-0.15, -0.1) is 0 Å². The smallest absolute Gasteiger partial charge is 0.256 e. The van der Waals surface area contributed by atoms with Gasteiger partial charge in [0.05, 0.1) is 16.8 Å². The highest BCUT2D eigenvalue weighted by Crippen LogP contribution is 2.25. The SMILES string of the molecule is O=C(Nc1ccc(O)cc1)c1cc(-c2ccccc2)nc2ccccc12. The fraction of sp³-hybridized carbons (Fsp3) is 0. The van der Waals surface area contributed by atoms with Gasteiger partial charge in [-0.25, -0.2) is 4.98 Å². The second-order valence-corrected chi connectivity index (χ2v) is 5.94. The average Bonchev–Trinajstić information content (AvgIpc) is 2.69. The van der Waals surface area contributed by atoms with Gasteiger partial charge in [0.1, 0.15) is 5.75 Å². The van der Waals surface area contributed by atoms with Gasteiger partial charge in [0.25, 0.3) is 5.91 Å². The fourth-order valence-corrected chi connectivity index (χ4v) is 2.86. The summed E-state index contributed by atoms with van der Waals surface area (Å²) < 4.78 is 0. The Morgan fingerprint density at radius 1 is 0.846 bits per heavy atom. The number of hydrogen-bond acceptors (Lipinski definition) is 3. The normalized spacial score (nSPS) is 10.6. The van der Waals surface area contributed by atoms with E-state index in [4.69, 9.17) is 4.98 Å². The van der Waals surface area contributed by atoms with Gasteiger partial charge in [-0.05, 0) is 36.4 Å². The van der Waals surface area contributed by atoms with E-state index in [1.165, 1.54) is 12.1 Å². The fourth-order valence-electron chi connectivity index (χ4n) is 2.86. The number of carbonyl (C=O) groups excluding carboxylic acids is 1. The Labute approximate surface area is 150 Å². The molecule has 4 rings (SSSR count). The molecule has 0 aliphatic heterocycles. The molecule has 0 unspecified atom stereocenters. The van der Waals surface area contributed by atoms with Crippen molar-refractivity contribution >= 4 is 22.5 Å². The molecule has 4 aromatic rings. The molecule has 0 aliphatic carbocycles. The molecule has 2 N–H and O–H groups in total. The Kier molecular flexibility index (Phi) is 4.07. The van der Waals surface area contributed by atoms with Crippen molar-refractivity contribution in [1.29, 1.82) is 0 Å². The number of pyridine rings is 1. The maximum atomic E-state index is 12.9. The summed E-state index contributed by atoms with van der Waals surface area (Å²) in [4.78, 5) is 17.6. The number of nitrogens with one attached hydrogen (secondary N) is 1. The Hall–Kier alpha value is -3.66. The number of anilines is 1. The number of phenolic OH excluding ortho intramolecular Hbond substituents is 1. The van der Waals surface area contributed by atoms with Crippen molar-refractivity contribution in [2.45, 2.75) is 0 Å². The van der Waals surface area contributed by atoms with E-state index >= 15 is 0 Å². The van der Waals surface area contributed by atoms with Crippen LogP contribution in [-0.2, 0) is 0 Å². The molecular formula is C22H16N2O2. The summed E-state index contributed by atoms with van der Waals surface area (Å²) in [5, 5.41) is 13.1.